The van der Waals surface area contributed by atoms with E-state index >= 15 is 0 Å². The van der Waals surface area contributed by atoms with Crippen molar-refractivity contribution in [2.45, 2.75) is 40.7 Å². The molecular weight excluding hydrogens is 428 g/mol. The predicted molar refractivity (Wildman–Crippen MR) is 120 cm³/mol. The quantitative estimate of drug-likeness (QED) is 0.392. The van der Waals surface area contributed by atoms with E-state index in [1.54, 1.807) is 58.9 Å². The Bertz CT molecular complexity index is 996. The monoisotopic (exact) mass is 458 g/mol. The van der Waals surface area contributed by atoms with Gasteiger partial charge in [-0.3, -0.25) is 9.59 Å². The summed E-state index contributed by atoms with van der Waals surface area (Å²) in [4.78, 5) is 52.4. The van der Waals surface area contributed by atoms with E-state index < -0.39 is 36.3 Å². The van der Waals surface area contributed by atoms with Crippen molar-refractivity contribution in [3.63, 3.8) is 0 Å². The van der Waals surface area contributed by atoms with E-state index in [4.69, 9.17) is 14.2 Å². The molecule has 9 heteroatoms. The molecule has 1 amide bonds. The van der Waals surface area contributed by atoms with Gasteiger partial charge in [0.05, 0.1) is 6.61 Å². The van der Waals surface area contributed by atoms with E-state index in [1.165, 1.54) is 0 Å². The van der Waals surface area contributed by atoms with Crippen LogP contribution in [0, 0.1) is 19.8 Å². The van der Waals surface area contributed by atoms with Crippen molar-refractivity contribution in [2.75, 3.05) is 19.8 Å². The van der Waals surface area contributed by atoms with Gasteiger partial charge >= 0.3 is 11.9 Å². The molecule has 0 spiro atoms. The van der Waals surface area contributed by atoms with Crippen LogP contribution in [0.15, 0.2) is 30.3 Å². The highest BCUT2D eigenvalue weighted by molar-refractivity contribution is 6.03. The molecule has 0 aliphatic heterocycles. The van der Waals surface area contributed by atoms with Gasteiger partial charge in [-0.1, -0.05) is 32.0 Å². The maximum Gasteiger partial charge on any atom is 0.355 e. The van der Waals surface area contributed by atoms with Crippen molar-refractivity contribution in [1.82, 2.24) is 10.3 Å². The Hall–Kier alpha value is -3.62. The van der Waals surface area contributed by atoms with E-state index in [0.29, 0.717) is 17.0 Å². The molecule has 1 atom stereocenters. The third-order valence-corrected chi connectivity index (χ3v) is 4.89. The number of esters is 2. The minimum atomic E-state index is -0.951. The number of ketones is 1. The lowest BCUT2D eigenvalue weighted by molar-refractivity contribution is -0.148. The topological polar surface area (TPSA) is 124 Å². The summed E-state index contributed by atoms with van der Waals surface area (Å²) in [5.74, 6) is -2.00. The molecule has 2 N–H and O–H groups in total. The maximum atomic E-state index is 12.7. The average Bonchev–Trinajstić information content (AvgIpc) is 3.08. The zero-order valence-electron chi connectivity index (χ0n) is 19.5. The Kier molecular flexibility index (Phi) is 9.20. The number of aromatic nitrogens is 1. The van der Waals surface area contributed by atoms with Crippen LogP contribution in [0.2, 0.25) is 0 Å². The van der Waals surface area contributed by atoms with Crippen LogP contribution >= 0.6 is 0 Å². The summed E-state index contributed by atoms with van der Waals surface area (Å²) in [7, 11) is 0. The van der Waals surface area contributed by atoms with Gasteiger partial charge in [-0.2, -0.15) is 0 Å². The number of ether oxygens (including phenoxy) is 3. The molecule has 2 rings (SSSR count). The molecular formula is C24H30N2O7. The first-order valence-corrected chi connectivity index (χ1v) is 10.7. The van der Waals surface area contributed by atoms with Gasteiger partial charge in [0.15, 0.2) is 13.2 Å². The van der Waals surface area contributed by atoms with Crippen LogP contribution in [0.4, 0.5) is 0 Å². The van der Waals surface area contributed by atoms with Crippen LogP contribution in [0.1, 0.15) is 52.9 Å². The minimum Gasteiger partial charge on any atom is -0.484 e. The molecule has 0 fully saturated rings. The summed E-state index contributed by atoms with van der Waals surface area (Å²) in [5.41, 5.74) is 1.36. The van der Waals surface area contributed by atoms with Gasteiger partial charge in [0, 0.05) is 11.3 Å². The number of benzene rings is 1. The molecule has 9 nitrogen and oxygen atoms in total. The SMILES string of the molecule is CCOC(=O)c1[nH]c(C)c(C(=O)COC(=O)[C@@H](NC(=O)COc2ccccc2)C(C)C)c1C. The zero-order chi connectivity index (χ0) is 24.5. The second kappa shape index (κ2) is 11.8. The lowest BCUT2D eigenvalue weighted by atomic mass is 10.0. The summed E-state index contributed by atoms with van der Waals surface area (Å²) in [5, 5.41) is 2.59. The minimum absolute atomic E-state index is 0.190. The van der Waals surface area contributed by atoms with Gasteiger partial charge < -0.3 is 24.5 Å². The van der Waals surface area contributed by atoms with Crippen LogP contribution in [0.25, 0.3) is 0 Å². The van der Waals surface area contributed by atoms with E-state index in [9.17, 15) is 19.2 Å². The number of carbonyl (C=O) groups excluding carboxylic acids is 4. The number of amides is 1. The van der Waals surface area contributed by atoms with Gasteiger partial charge in [0.1, 0.15) is 17.5 Å². The Morgan fingerprint density at radius 3 is 2.27 bits per heavy atom. The number of nitrogens with one attached hydrogen (secondary N) is 2. The van der Waals surface area contributed by atoms with E-state index in [1.807, 2.05) is 6.07 Å². The third-order valence-electron chi connectivity index (χ3n) is 4.89. The number of hydrogen-bond acceptors (Lipinski definition) is 7. The lowest BCUT2D eigenvalue weighted by Gasteiger charge is -2.20. The number of rotatable bonds is 11. The molecule has 0 aliphatic rings. The van der Waals surface area contributed by atoms with Crippen LogP contribution in [0.5, 0.6) is 5.75 Å². The Balaban J connectivity index is 1.97. The molecule has 0 radical (unpaired) electrons. The van der Waals surface area contributed by atoms with Crippen LogP contribution in [-0.2, 0) is 19.1 Å². The van der Waals surface area contributed by atoms with Crippen molar-refractivity contribution >= 4 is 23.6 Å². The normalized spacial score (nSPS) is 11.6. The smallest absolute Gasteiger partial charge is 0.355 e. The Morgan fingerprint density at radius 2 is 1.67 bits per heavy atom. The summed E-state index contributed by atoms with van der Waals surface area (Å²) in [6, 6.07) is 7.86. The van der Waals surface area contributed by atoms with Crippen molar-refractivity contribution in [2.24, 2.45) is 5.92 Å². The molecule has 1 aromatic carbocycles. The lowest BCUT2D eigenvalue weighted by Crippen LogP contribution is -2.47. The molecule has 0 unspecified atom stereocenters. The molecule has 0 aliphatic carbocycles. The molecule has 0 bridgehead atoms. The highest BCUT2D eigenvalue weighted by Gasteiger charge is 2.28. The van der Waals surface area contributed by atoms with Gasteiger partial charge in [0.2, 0.25) is 5.78 Å². The number of hydrogen-bond donors (Lipinski definition) is 2. The fourth-order valence-corrected chi connectivity index (χ4v) is 3.25. The number of para-hydroxylation sites is 1. The summed E-state index contributed by atoms with van der Waals surface area (Å²) in [6.45, 7) is 7.86. The zero-order valence-corrected chi connectivity index (χ0v) is 19.5. The summed E-state index contributed by atoms with van der Waals surface area (Å²) < 4.78 is 15.6. The fourth-order valence-electron chi connectivity index (χ4n) is 3.25. The van der Waals surface area contributed by atoms with Crippen LogP contribution < -0.4 is 10.1 Å². The molecule has 2 aromatic rings. The molecule has 33 heavy (non-hydrogen) atoms. The van der Waals surface area contributed by atoms with Gasteiger partial charge in [-0.05, 0) is 44.4 Å². The third kappa shape index (κ3) is 6.93. The first kappa shape index (κ1) is 25.6. The second-order valence-corrected chi connectivity index (χ2v) is 7.77. The number of aryl methyl sites for hydroxylation is 1. The largest absolute Gasteiger partial charge is 0.484 e. The van der Waals surface area contributed by atoms with Crippen molar-refractivity contribution < 1.29 is 33.4 Å². The van der Waals surface area contributed by atoms with E-state index in [-0.39, 0.29) is 30.4 Å². The van der Waals surface area contributed by atoms with E-state index in [0.717, 1.165) is 0 Å². The Labute approximate surface area is 192 Å². The molecule has 1 heterocycles. The standard InChI is InChI=1S/C24H30N2O7/c1-6-31-24(30)22-15(4)20(16(5)25-22)18(27)12-33-23(29)21(14(2)3)26-19(28)13-32-17-10-8-7-9-11-17/h7-11,14,21,25H,6,12-13H2,1-5H3,(H,26,28)/t21-/m0/s1. The number of carbonyl (C=O) groups is 4. The highest BCUT2D eigenvalue weighted by atomic mass is 16.5. The van der Waals surface area contributed by atoms with Crippen molar-refractivity contribution in [3.8, 4) is 5.75 Å². The van der Waals surface area contributed by atoms with Gasteiger partial charge in [0.25, 0.3) is 5.91 Å². The molecule has 1 aromatic heterocycles. The summed E-state index contributed by atoms with van der Waals surface area (Å²) >= 11 is 0. The second-order valence-electron chi connectivity index (χ2n) is 7.77. The van der Waals surface area contributed by atoms with Crippen molar-refractivity contribution in [1.29, 1.82) is 0 Å². The maximum absolute atomic E-state index is 12.7. The Morgan fingerprint density at radius 1 is 1.00 bits per heavy atom. The van der Waals surface area contributed by atoms with Crippen LogP contribution in [-0.4, -0.2) is 54.5 Å². The molecule has 0 saturated heterocycles. The molecule has 0 saturated carbocycles. The number of aromatic amines is 1. The number of H-pyrrole nitrogens is 1. The van der Waals surface area contributed by atoms with Crippen LogP contribution in [0.3, 0.4) is 0 Å². The summed E-state index contributed by atoms with van der Waals surface area (Å²) in [6.07, 6.45) is 0. The first-order valence-electron chi connectivity index (χ1n) is 10.7. The van der Waals surface area contributed by atoms with Gasteiger partial charge in [-0.25, -0.2) is 9.59 Å². The highest BCUT2D eigenvalue weighted by Crippen LogP contribution is 2.20. The van der Waals surface area contributed by atoms with E-state index in [2.05, 4.69) is 10.3 Å². The average molecular weight is 459 g/mol. The first-order chi connectivity index (χ1) is 15.6. The fraction of sp³-hybridized carbons (Fsp3) is 0.417. The molecule has 178 valence electrons. The number of Topliss-reactive ketones (excluding diaryl/α,β-unsaturated/α-hetero) is 1. The van der Waals surface area contributed by atoms with Gasteiger partial charge in [-0.15, -0.1) is 0 Å². The predicted octanol–water partition coefficient (Wildman–Crippen LogP) is 2.75. The van der Waals surface area contributed by atoms with Crippen molar-refractivity contribution in [3.05, 3.63) is 52.8 Å².